The lowest BCUT2D eigenvalue weighted by molar-refractivity contribution is -0.120. The van der Waals surface area contributed by atoms with Crippen molar-refractivity contribution in [2.24, 2.45) is 0 Å². The van der Waals surface area contributed by atoms with Gasteiger partial charge >= 0.3 is 0 Å². The number of thioether (sulfide) groups is 1. The summed E-state index contributed by atoms with van der Waals surface area (Å²) >= 11 is 7.92. The molecule has 1 heterocycles. The molecule has 1 aliphatic heterocycles. The summed E-state index contributed by atoms with van der Waals surface area (Å²) in [7, 11) is 0. The Balaban J connectivity index is 2.04. The van der Waals surface area contributed by atoms with Crippen molar-refractivity contribution in [2.75, 3.05) is 24.1 Å². The number of amides is 1. The third-order valence-electron chi connectivity index (χ3n) is 3.65. The summed E-state index contributed by atoms with van der Waals surface area (Å²) in [6.45, 7) is 8.19. The normalized spacial score (nSPS) is 24.6. The minimum absolute atomic E-state index is 0.0460. The van der Waals surface area contributed by atoms with Crippen molar-refractivity contribution in [1.82, 2.24) is 4.90 Å². The van der Waals surface area contributed by atoms with Gasteiger partial charge in [0.25, 0.3) is 0 Å². The second-order valence-corrected chi connectivity index (χ2v) is 7.93. The number of hydrogen-bond acceptors (Lipinski definition) is 4. The number of anilines is 2. The molecule has 116 valence electrons. The quantitative estimate of drug-likeness (QED) is 0.838. The van der Waals surface area contributed by atoms with Crippen LogP contribution in [0.3, 0.4) is 0 Å². The van der Waals surface area contributed by atoms with Gasteiger partial charge in [-0.15, -0.1) is 0 Å². The van der Waals surface area contributed by atoms with Crippen molar-refractivity contribution in [1.29, 1.82) is 0 Å². The van der Waals surface area contributed by atoms with Gasteiger partial charge in [-0.1, -0.05) is 25.4 Å². The fraction of sp³-hybridized carbons (Fsp3) is 0.533. The monoisotopic (exact) mass is 327 g/mol. The second kappa shape index (κ2) is 6.90. The molecular weight excluding hydrogens is 306 g/mol. The average Bonchev–Trinajstić information content (AvgIpc) is 2.41. The molecule has 0 aliphatic carbocycles. The molecule has 2 rings (SSSR count). The minimum atomic E-state index is -0.186. The predicted octanol–water partition coefficient (Wildman–Crippen LogP) is 3.08. The van der Waals surface area contributed by atoms with Crippen LogP contribution in [0.4, 0.5) is 11.4 Å². The van der Waals surface area contributed by atoms with Crippen LogP contribution < -0.4 is 11.1 Å². The lowest BCUT2D eigenvalue weighted by Crippen LogP contribution is -2.49. The summed E-state index contributed by atoms with van der Waals surface area (Å²) < 4.78 is 0. The molecule has 1 saturated heterocycles. The highest BCUT2D eigenvalue weighted by atomic mass is 35.5. The Morgan fingerprint density at radius 2 is 2.05 bits per heavy atom. The smallest absolute Gasteiger partial charge is 0.241 e. The molecule has 6 heteroatoms. The van der Waals surface area contributed by atoms with Crippen molar-refractivity contribution < 1.29 is 4.79 Å². The predicted molar refractivity (Wildman–Crippen MR) is 92.0 cm³/mol. The van der Waals surface area contributed by atoms with E-state index in [4.69, 9.17) is 17.3 Å². The molecule has 3 N–H and O–H groups in total. The Bertz CT molecular complexity index is 516. The zero-order valence-electron chi connectivity index (χ0n) is 12.6. The molecule has 1 amide bonds. The van der Waals surface area contributed by atoms with Gasteiger partial charge in [0.05, 0.1) is 17.4 Å². The largest absolute Gasteiger partial charge is 0.397 e. The lowest BCUT2D eigenvalue weighted by Gasteiger charge is -2.37. The zero-order valence-corrected chi connectivity index (χ0v) is 14.2. The van der Waals surface area contributed by atoms with E-state index in [1.807, 2.05) is 18.7 Å². The number of benzene rings is 1. The van der Waals surface area contributed by atoms with E-state index in [0.29, 0.717) is 26.9 Å². The van der Waals surface area contributed by atoms with Crippen molar-refractivity contribution >= 4 is 40.6 Å². The number of carbonyl (C=O) groups is 1. The van der Waals surface area contributed by atoms with Gasteiger partial charge in [-0.3, -0.25) is 9.69 Å². The van der Waals surface area contributed by atoms with Gasteiger partial charge in [-0.05, 0) is 25.1 Å². The van der Waals surface area contributed by atoms with Gasteiger partial charge in [-0.25, -0.2) is 0 Å². The second-order valence-electron chi connectivity index (χ2n) is 5.61. The van der Waals surface area contributed by atoms with Crippen LogP contribution in [-0.4, -0.2) is 40.4 Å². The molecule has 21 heavy (non-hydrogen) atoms. The van der Waals surface area contributed by atoms with E-state index in [1.54, 1.807) is 18.2 Å². The first-order valence-electron chi connectivity index (χ1n) is 7.12. The van der Waals surface area contributed by atoms with Crippen molar-refractivity contribution in [3.05, 3.63) is 23.2 Å². The molecule has 4 nitrogen and oxygen atoms in total. The molecule has 3 unspecified atom stereocenters. The molecule has 1 fully saturated rings. The molecule has 1 aromatic rings. The molecule has 3 atom stereocenters. The Kier molecular flexibility index (Phi) is 5.41. The van der Waals surface area contributed by atoms with Crippen molar-refractivity contribution in [3.63, 3.8) is 0 Å². The summed E-state index contributed by atoms with van der Waals surface area (Å²) in [5.41, 5.74) is 6.97. The van der Waals surface area contributed by atoms with Crippen LogP contribution in [0.25, 0.3) is 0 Å². The van der Waals surface area contributed by atoms with Gasteiger partial charge in [0, 0.05) is 28.6 Å². The first-order chi connectivity index (χ1) is 9.86. The molecule has 1 aromatic carbocycles. The summed E-state index contributed by atoms with van der Waals surface area (Å²) in [5, 5.41) is 4.52. The van der Waals surface area contributed by atoms with Crippen LogP contribution >= 0.6 is 23.4 Å². The first-order valence-corrected chi connectivity index (χ1v) is 8.44. The Labute approximate surface area is 135 Å². The molecule has 0 spiro atoms. The Hall–Kier alpha value is -0.910. The summed E-state index contributed by atoms with van der Waals surface area (Å²) in [6.07, 6.45) is 0. The van der Waals surface area contributed by atoms with Crippen LogP contribution in [0, 0.1) is 0 Å². The molecular formula is C15H22ClN3OS. The van der Waals surface area contributed by atoms with E-state index < -0.39 is 0 Å². The number of nitrogen functional groups attached to an aromatic ring is 1. The SMILES string of the molecule is CC1CN(C(C)C(=O)Nc2cc(Cl)ccc2N)CC(C)S1. The highest BCUT2D eigenvalue weighted by molar-refractivity contribution is 8.00. The average molecular weight is 328 g/mol. The molecule has 0 radical (unpaired) electrons. The van der Waals surface area contributed by atoms with E-state index in [2.05, 4.69) is 24.1 Å². The maximum atomic E-state index is 12.4. The highest BCUT2D eigenvalue weighted by Crippen LogP contribution is 2.27. The lowest BCUT2D eigenvalue weighted by atomic mass is 10.2. The Morgan fingerprint density at radius 3 is 2.67 bits per heavy atom. The van der Waals surface area contributed by atoms with Crippen LogP contribution in [0.2, 0.25) is 5.02 Å². The topological polar surface area (TPSA) is 58.4 Å². The number of nitrogens with two attached hydrogens (primary N) is 1. The first kappa shape index (κ1) is 16.5. The van der Waals surface area contributed by atoms with E-state index >= 15 is 0 Å². The van der Waals surface area contributed by atoms with Gasteiger partial charge in [0.1, 0.15) is 0 Å². The number of rotatable bonds is 3. The van der Waals surface area contributed by atoms with Crippen LogP contribution in [-0.2, 0) is 4.79 Å². The number of nitrogens with one attached hydrogen (secondary N) is 1. The van der Waals surface area contributed by atoms with Crippen LogP contribution in [0.15, 0.2) is 18.2 Å². The van der Waals surface area contributed by atoms with Gasteiger partial charge in [-0.2, -0.15) is 11.8 Å². The number of hydrogen-bond donors (Lipinski definition) is 2. The van der Waals surface area contributed by atoms with E-state index in [9.17, 15) is 4.79 Å². The van der Waals surface area contributed by atoms with E-state index in [1.165, 1.54) is 0 Å². The van der Waals surface area contributed by atoms with E-state index in [0.717, 1.165) is 13.1 Å². The standard InChI is InChI=1S/C15H22ClN3OS/c1-9-7-19(8-10(2)21-9)11(3)15(20)18-14-6-12(16)4-5-13(14)17/h4-6,9-11H,7-8,17H2,1-3H3,(H,18,20). The van der Waals surface area contributed by atoms with Crippen LogP contribution in [0.5, 0.6) is 0 Å². The number of nitrogens with zero attached hydrogens (tertiary/aromatic N) is 1. The van der Waals surface area contributed by atoms with Crippen LogP contribution in [0.1, 0.15) is 20.8 Å². The molecule has 1 aliphatic rings. The molecule has 0 aromatic heterocycles. The summed E-state index contributed by atoms with van der Waals surface area (Å²) in [4.78, 5) is 14.7. The maximum absolute atomic E-state index is 12.4. The summed E-state index contributed by atoms with van der Waals surface area (Å²) in [6, 6.07) is 4.90. The third kappa shape index (κ3) is 4.28. The van der Waals surface area contributed by atoms with E-state index in [-0.39, 0.29) is 11.9 Å². The van der Waals surface area contributed by atoms with Crippen molar-refractivity contribution in [2.45, 2.75) is 37.3 Å². The zero-order chi connectivity index (χ0) is 15.6. The Morgan fingerprint density at radius 1 is 1.43 bits per heavy atom. The fourth-order valence-electron chi connectivity index (χ4n) is 2.57. The summed E-state index contributed by atoms with van der Waals surface area (Å²) in [5.74, 6) is -0.0460. The molecule has 0 bridgehead atoms. The minimum Gasteiger partial charge on any atom is -0.397 e. The number of carbonyl (C=O) groups excluding carboxylic acids is 1. The molecule has 0 saturated carbocycles. The third-order valence-corrected chi connectivity index (χ3v) is 5.11. The van der Waals surface area contributed by atoms with Gasteiger partial charge < -0.3 is 11.1 Å². The highest BCUT2D eigenvalue weighted by Gasteiger charge is 2.29. The van der Waals surface area contributed by atoms with Gasteiger partial charge in [0.15, 0.2) is 0 Å². The van der Waals surface area contributed by atoms with Gasteiger partial charge in [0.2, 0.25) is 5.91 Å². The maximum Gasteiger partial charge on any atom is 0.241 e. The van der Waals surface area contributed by atoms with Crippen molar-refractivity contribution in [3.8, 4) is 0 Å². The number of halogens is 1. The fourth-order valence-corrected chi connectivity index (χ4v) is 4.09.